The van der Waals surface area contributed by atoms with Crippen LogP contribution in [0.2, 0.25) is 0 Å². The highest BCUT2D eigenvalue weighted by Crippen LogP contribution is 2.56. The van der Waals surface area contributed by atoms with Crippen molar-refractivity contribution in [1.82, 2.24) is 4.90 Å². The van der Waals surface area contributed by atoms with Crippen LogP contribution >= 0.6 is 0 Å². The van der Waals surface area contributed by atoms with Crippen LogP contribution in [0.5, 0.6) is 5.75 Å². The number of halogens is 1. The Balaban J connectivity index is 1.98. The summed E-state index contributed by atoms with van der Waals surface area (Å²) in [6.07, 6.45) is 5.96. The molecule has 2 bridgehead atoms. The van der Waals surface area contributed by atoms with Crippen molar-refractivity contribution in [3.63, 3.8) is 0 Å². The maximum absolute atomic E-state index is 14.3. The van der Waals surface area contributed by atoms with Crippen molar-refractivity contribution in [1.29, 1.82) is 0 Å². The molecule has 0 spiro atoms. The van der Waals surface area contributed by atoms with E-state index in [1.807, 2.05) is 6.07 Å². The van der Waals surface area contributed by atoms with Gasteiger partial charge in [0, 0.05) is 18.5 Å². The van der Waals surface area contributed by atoms with Crippen LogP contribution in [-0.4, -0.2) is 31.5 Å². The average Bonchev–Trinajstić information content (AvgIpc) is 2.86. The van der Waals surface area contributed by atoms with Crippen LogP contribution in [0.15, 0.2) is 24.3 Å². The van der Waals surface area contributed by atoms with Crippen LogP contribution in [0.25, 0.3) is 5.57 Å². The molecule has 3 nitrogen and oxygen atoms in total. The lowest BCUT2D eigenvalue weighted by Crippen LogP contribution is -2.36. The van der Waals surface area contributed by atoms with E-state index in [1.165, 1.54) is 30.9 Å². The van der Waals surface area contributed by atoms with Crippen molar-refractivity contribution < 1.29 is 13.9 Å². The van der Waals surface area contributed by atoms with Gasteiger partial charge in [0.1, 0.15) is 11.6 Å². The Hall–Kier alpha value is -1.68. The molecule has 0 aromatic heterocycles. The van der Waals surface area contributed by atoms with Crippen molar-refractivity contribution in [2.24, 2.45) is 23.2 Å². The molecule has 26 heavy (non-hydrogen) atoms. The molecule has 0 N–H and O–H groups in total. The zero-order valence-electron chi connectivity index (χ0n) is 16.5. The molecule has 3 rings (SSSR count). The number of allylic oxidation sites excluding steroid dienone is 1. The molecule has 1 fully saturated rings. The van der Waals surface area contributed by atoms with Gasteiger partial charge < -0.3 is 9.64 Å². The quantitative estimate of drug-likeness (QED) is 0.560. The molecule has 3 atom stereocenters. The molecule has 1 aromatic rings. The largest absolute Gasteiger partial charge is 0.426 e. The van der Waals surface area contributed by atoms with E-state index >= 15 is 0 Å². The van der Waals surface area contributed by atoms with Gasteiger partial charge in [-0.25, -0.2) is 4.39 Å². The van der Waals surface area contributed by atoms with Crippen LogP contribution < -0.4 is 4.74 Å². The number of rotatable bonds is 5. The second kappa shape index (κ2) is 7.15. The van der Waals surface area contributed by atoms with E-state index in [2.05, 4.69) is 32.0 Å². The molecule has 4 heteroatoms. The summed E-state index contributed by atoms with van der Waals surface area (Å²) in [6.45, 7) is 6.86. The van der Waals surface area contributed by atoms with E-state index in [0.29, 0.717) is 17.6 Å². The van der Waals surface area contributed by atoms with Gasteiger partial charge in [-0.3, -0.25) is 4.79 Å². The van der Waals surface area contributed by atoms with Crippen molar-refractivity contribution in [2.75, 3.05) is 20.6 Å². The smallest absolute Gasteiger partial charge is 0.313 e. The van der Waals surface area contributed by atoms with Crippen LogP contribution in [0.4, 0.5) is 4.39 Å². The van der Waals surface area contributed by atoms with Crippen molar-refractivity contribution in [2.45, 2.75) is 40.0 Å². The lowest BCUT2D eigenvalue weighted by Gasteiger charge is -2.41. The predicted octanol–water partition coefficient (Wildman–Crippen LogP) is 4.77. The summed E-state index contributed by atoms with van der Waals surface area (Å²) in [6, 6.07) is 4.70. The van der Waals surface area contributed by atoms with E-state index in [4.69, 9.17) is 4.74 Å². The molecule has 0 radical (unpaired) electrons. The normalized spacial score (nSPS) is 27.8. The standard InChI is InChI=1S/C22H30FNO2/c1-14(2)21(25)26-18-10-16(9-17(23)11-18)19-8-15-6-7-22(3,12-15)20(19)13-24(4)5/h8-11,14-15,20H,6-7,12-13H2,1-5H3/t15-,20+,22+/m0/s1. The fourth-order valence-electron chi connectivity index (χ4n) is 4.53. The summed E-state index contributed by atoms with van der Waals surface area (Å²) in [5, 5.41) is 0. The zero-order valence-corrected chi connectivity index (χ0v) is 16.5. The minimum absolute atomic E-state index is 0.244. The molecular weight excluding hydrogens is 329 g/mol. The number of carbonyl (C=O) groups is 1. The van der Waals surface area contributed by atoms with Crippen molar-refractivity contribution >= 4 is 11.5 Å². The molecular formula is C22H30FNO2. The second-order valence-corrected chi connectivity index (χ2v) is 8.85. The van der Waals surface area contributed by atoms with Gasteiger partial charge in [0.25, 0.3) is 0 Å². The SMILES string of the molecule is CC(C)C(=O)Oc1cc(F)cc(C2=C[C@@H]3CC[C@](C)(C3)[C@@H]2CN(C)C)c1. The number of nitrogens with zero attached hydrogens (tertiary/aromatic N) is 1. The van der Waals surface area contributed by atoms with Gasteiger partial charge in [0.15, 0.2) is 0 Å². The molecule has 2 aliphatic rings. The predicted molar refractivity (Wildman–Crippen MR) is 102 cm³/mol. The van der Waals surface area contributed by atoms with Crippen molar-refractivity contribution in [3.8, 4) is 5.75 Å². The van der Waals surface area contributed by atoms with E-state index in [-0.39, 0.29) is 23.1 Å². The summed E-state index contributed by atoms with van der Waals surface area (Å²) in [7, 11) is 4.17. The van der Waals surface area contributed by atoms with Crippen LogP contribution in [0.1, 0.15) is 45.6 Å². The fraction of sp³-hybridized carbons (Fsp3) is 0.591. The molecule has 0 heterocycles. The Kier molecular flexibility index (Phi) is 5.25. The number of hydrogen-bond donors (Lipinski definition) is 0. The highest BCUT2D eigenvalue weighted by atomic mass is 19.1. The number of hydrogen-bond acceptors (Lipinski definition) is 3. The highest BCUT2D eigenvalue weighted by Gasteiger charge is 2.46. The topological polar surface area (TPSA) is 29.5 Å². The third-order valence-corrected chi connectivity index (χ3v) is 5.89. The summed E-state index contributed by atoms with van der Waals surface area (Å²) < 4.78 is 19.7. The Morgan fingerprint density at radius 1 is 1.35 bits per heavy atom. The summed E-state index contributed by atoms with van der Waals surface area (Å²) in [5.41, 5.74) is 2.30. The maximum Gasteiger partial charge on any atom is 0.313 e. The number of benzene rings is 1. The maximum atomic E-state index is 14.3. The van der Waals surface area contributed by atoms with Crippen LogP contribution in [0, 0.1) is 29.0 Å². The Morgan fingerprint density at radius 2 is 2.08 bits per heavy atom. The fourth-order valence-corrected chi connectivity index (χ4v) is 4.53. The minimum atomic E-state index is -0.360. The van der Waals surface area contributed by atoms with Gasteiger partial charge in [0.05, 0.1) is 5.92 Å². The molecule has 0 aliphatic heterocycles. The van der Waals surface area contributed by atoms with Gasteiger partial charge in [-0.05, 0) is 68.0 Å². The van der Waals surface area contributed by atoms with Crippen LogP contribution in [0.3, 0.4) is 0 Å². The number of esters is 1. The number of fused-ring (bicyclic) bond motifs is 2. The van der Waals surface area contributed by atoms with Gasteiger partial charge in [-0.1, -0.05) is 26.8 Å². The molecule has 2 aliphatic carbocycles. The number of ether oxygens (including phenoxy) is 1. The minimum Gasteiger partial charge on any atom is -0.426 e. The average molecular weight is 359 g/mol. The molecule has 142 valence electrons. The zero-order chi connectivity index (χ0) is 19.1. The first kappa shape index (κ1) is 19.1. The van der Waals surface area contributed by atoms with E-state index in [9.17, 15) is 9.18 Å². The monoisotopic (exact) mass is 359 g/mol. The summed E-state index contributed by atoms with van der Waals surface area (Å²) >= 11 is 0. The Bertz CT molecular complexity index is 725. The number of carbonyl (C=O) groups excluding carboxylic acids is 1. The molecule has 0 amide bonds. The lowest BCUT2D eigenvalue weighted by atomic mass is 9.66. The Morgan fingerprint density at radius 3 is 2.73 bits per heavy atom. The first-order valence-electron chi connectivity index (χ1n) is 9.57. The van der Waals surface area contributed by atoms with Gasteiger partial charge in [-0.2, -0.15) is 0 Å². The third kappa shape index (κ3) is 3.85. The van der Waals surface area contributed by atoms with E-state index in [0.717, 1.165) is 12.1 Å². The first-order valence-corrected chi connectivity index (χ1v) is 9.57. The van der Waals surface area contributed by atoms with E-state index in [1.54, 1.807) is 19.9 Å². The molecule has 1 aromatic carbocycles. The molecule has 0 saturated heterocycles. The van der Waals surface area contributed by atoms with Gasteiger partial charge in [0.2, 0.25) is 0 Å². The second-order valence-electron chi connectivity index (χ2n) is 8.85. The van der Waals surface area contributed by atoms with Crippen molar-refractivity contribution in [3.05, 3.63) is 35.7 Å². The van der Waals surface area contributed by atoms with Gasteiger partial charge in [-0.15, -0.1) is 0 Å². The highest BCUT2D eigenvalue weighted by molar-refractivity contribution is 5.76. The lowest BCUT2D eigenvalue weighted by molar-refractivity contribution is -0.137. The van der Waals surface area contributed by atoms with E-state index < -0.39 is 0 Å². The summed E-state index contributed by atoms with van der Waals surface area (Å²) in [4.78, 5) is 14.1. The third-order valence-electron chi connectivity index (χ3n) is 5.89. The molecule has 0 unspecified atom stereocenters. The first-order chi connectivity index (χ1) is 12.2. The Labute approximate surface area is 156 Å². The van der Waals surface area contributed by atoms with Crippen LogP contribution in [-0.2, 0) is 4.79 Å². The van der Waals surface area contributed by atoms with Gasteiger partial charge >= 0.3 is 5.97 Å². The summed E-state index contributed by atoms with van der Waals surface area (Å²) in [5.74, 6) is 0.279. The molecule has 1 saturated carbocycles.